The van der Waals surface area contributed by atoms with E-state index in [1.54, 1.807) is 0 Å². The lowest BCUT2D eigenvalue weighted by Crippen LogP contribution is -2.25. The molecule has 2 amide bonds. The van der Waals surface area contributed by atoms with Gasteiger partial charge < -0.3 is 15.7 Å². The summed E-state index contributed by atoms with van der Waals surface area (Å²) in [6.07, 6.45) is 0.0477. The van der Waals surface area contributed by atoms with Crippen LogP contribution in [0.1, 0.15) is 16.8 Å². The first-order valence-electron chi connectivity index (χ1n) is 5.58. The van der Waals surface area contributed by atoms with Crippen LogP contribution in [0.4, 0.5) is 10.1 Å². The van der Waals surface area contributed by atoms with Crippen molar-refractivity contribution >= 4 is 23.5 Å². The third kappa shape index (κ3) is 2.87. The molecule has 1 heterocycles. The lowest BCUT2D eigenvalue weighted by molar-refractivity contribution is -0.123. The van der Waals surface area contributed by atoms with Crippen LogP contribution in [0.2, 0.25) is 0 Å². The summed E-state index contributed by atoms with van der Waals surface area (Å²) in [5.41, 5.74) is -0.332. The first-order valence-corrected chi connectivity index (χ1v) is 5.58. The van der Waals surface area contributed by atoms with Crippen LogP contribution in [0.15, 0.2) is 18.2 Å². The standard InChI is InChI=1S/C12H11FN2O4/c13-8-2-1-6(12(18)19)3-9(8)15-11(17)7-4-10(16)14-5-7/h1-3,7H,4-5H2,(H,14,16)(H,15,17)(H,18,19). The first kappa shape index (κ1) is 13.0. The molecular weight excluding hydrogens is 255 g/mol. The van der Waals surface area contributed by atoms with E-state index in [9.17, 15) is 18.8 Å². The zero-order valence-electron chi connectivity index (χ0n) is 9.77. The molecule has 0 aromatic heterocycles. The zero-order chi connectivity index (χ0) is 14.0. The summed E-state index contributed by atoms with van der Waals surface area (Å²) in [4.78, 5) is 33.5. The minimum Gasteiger partial charge on any atom is -0.478 e. The van der Waals surface area contributed by atoms with Crippen LogP contribution >= 0.6 is 0 Å². The molecule has 1 aliphatic rings. The van der Waals surface area contributed by atoms with E-state index in [2.05, 4.69) is 10.6 Å². The van der Waals surface area contributed by atoms with Gasteiger partial charge in [-0.05, 0) is 18.2 Å². The highest BCUT2D eigenvalue weighted by Gasteiger charge is 2.28. The molecule has 1 unspecified atom stereocenters. The van der Waals surface area contributed by atoms with E-state index in [4.69, 9.17) is 5.11 Å². The molecule has 1 fully saturated rings. The van der Waals surface area contributed by atoms with Gasteiger partial charge in [-0.25, -0.2) is 9.18 Å². The first-order chi connectivity index (χ1) is 8.97. The maximum Gasteiger partial charge on any atom is 0.335 e. The smallest absolute Gasteiger partial charge is 0.335 e. The van der Waals surface area contributed by atoms with Crippen molar-refractivity contribution in [2.24, 2.45) is 5.92 Å². The van der Waals surface area contributed by atoms with Crippen molar-refractivity contribution in [1.29, 1.82) is 0 Å². The molecule has 0 saturated carbocycles. The second kappa shape index (κ2) is 5.05. The number of halogens is 1. The summed E-state index contributed by atoms with van der Waals surface area (Å²) in [5, 5.41) is 13.6. The van der Waals surface area contributed by atoms with Gasteiger partial charge in [0.1, 0.15) is 5.82 Å². The average Bonchev–Trinajstić information content (AvgIpc) is 2.78. The third-order valence-electron chi connectivity index (χ3n) is 2.82. The molecule has 2 rings (SSSR count). The van der Waals surface area contributed by atoms with Crippen LogP contribution < -0.4 is 10.6 Å². The van der Waals surface area contributed by atoms with Gasteiger partial charge in [-0.1, -0.05) is 0 Å². The molecule has 0 spiro atoms. The highest BCUT2D eigenvalue weighted by Crippen LogP contribution is 2.19. The van der Waals surface area contributed by atoms with Gasteiger partial charge in [0.05, 0.1) is 17.2 Å². The Morgan fingerprint density at radius 3 is 2.74 bits per heavy atom. The number of hydrogen-bond donors (Lipinski definition) is 3. The van der Waals surface area contributed by atoms with Crippen LogP contribution in [-0.2, 0) is 9.59 Å². The Hall–Kier alpha value is -2.44. The lowest BCUT2D eigenvalue weighted by atomic mass is 10.1. The molecule has 3 N–H and O–H groups in total. The van der Waals surface area contributed by atoms with Gasteiger partial charge in [-0.3, -0.25) is 9.59 Å². The second-order valence-corrected chi connectivity index (χ2v) is 4.19. The van der Waals surface area contributed by atoms with Gasteiger partial charge in [0.2, 0.25) is 11.8 Å². The van der Waals surface area contributed by atoms with Crippen molar-refractivity contribution in [3.63, 3.8) is 0 Å². The highest BCUT2D eigenvalue weighted by atomic mass is 19.1. The van der Waals surface area contributed by atoms with E-state index < -0.39 is 23.6 Å². The molecule has 6 nitrogen and oxygen atoms in total. The van der Waals surface area contributed by atoms with Crippen molar-refractivity contribution in [3.05, 3.63) is 29.6 Å². The summed E-state index contributed by atoms with van der Waals surface area (Å²) in [6.45, 7) is 0.199. The maximum absolute atomic E-state index is 13.5. The normalized spacial score (nSPS) is 17.9. The van der Waals surface area contributed by atoms with Crippen LogP contribution in [0.3, 0.4) is 0 Å². The molecule has 0 bridgehead atoms. The molecule has 19 heavy (non-hydrogen) atoms. The summed E-state index contributed by atoms with van der Waals surface area (Å²) in [7, 11) is 0. The number of hydrogen-bond acceptors (Lipinski definition) is 3. The molecular formula is C12H11FN2O4. The van der Waals surface area contributed by atoms with Gasteiger partial charge in [0, 0.05) is 13.0 Å². The summed E-state index contributed by atoms with van der Waals surface area (Å²) < 4.78 is 13.5. The van der Waals surface area contributed by atoms with Gasteiger partial charge >= 0.3 is 5.97 Å². The largest absolute Gasteiger partial charge is 0.478 e. The molecule has 7 heteroatoms. The van der Waals surface area contributed by atoms with Crippen LogP contribution in [0.5, 0.6) is 0 Å². The number of amides is 2. The molecule has 1 saturated heterocycles. The van der Waals surface area contributed by atoms with E-state index in [0.717, 1.165) is 18.2 Å². The number of carboxylic acid groups (broad SMARTS) is 1. The van der Waals surface area contributed by atoms with Gasteiger partial charge in [-0.15, -0.1) is 0 Å². The number of anilines is 1. The predicted molar refractivity (Wildman–Crippen MR) is 63.1 cm³/mol. The number of nitrogens with one attached hydrogen (secondary N) is 2. The summed E-state index contributed by atoms with van der Waals surface area (Å²) in [5.74, 6) is -3.26. The van der Waals surface area contributed by atoms with E-state index in [-0.39, 0.29) is 30.1 Å². The molecule has 1 atom stereocenters. The van der Waals surface area contributed by atoms with Crippen molar-refractivity contribution in [3.8, 4) is 0 Å². The number of carbonyl (C=O) groups excluding carboxylic acids is 2. The molecule has 1 aliphatic heterocycles. The molecule has 1 aromatic carbocycles. The summed E-state index contributed by atoms with van der Waals surface area (Å²) in [6, 6.07) is 3.12. The van der Waals surface area contributed by atoms with Gasteiger partial charge in [0.25, 0.3) is 0 Å². The maximum atomic E-state index is 13.5. The molecule has 1 aromatic rings. The minimum atomic E-state index is -1.21. The third-order valence-corrected chi connectivity index (χ3v) is 2.82. The van der Waals surface area contributed by atoms with Crippen molar-refractivity contribution in [1.82, 2.24) is 5.32 Å². The van der Waals surface area contributed by atoms with Crippen LogP contribution in [-0.4, -0.2) is 29.4 Å². The number of benzene rings is 1. The highest BCUT2D eigenvalue weighted by molar-refractivity contribution is 5.98. The Morgan fingerprint density at radius 2 is 2.16 bits per heavy atom. The zero-order valence-corrected chi connectivity index (χ0v) is 9.77. The number of carbonyl (C=O) groups is 3. The van der Waals surface area contributed by atoms with Crippen molar-refractivity contribution in [2.45, 2.75) is 6.42 Å². The molecule has 0 radical (unpaired) electrons. The summed E-state index contributed by atoms with van der Waals surface area (Å²) >= 11 is 0. The SMILES string of the molecule is O=C1CC(C(=O)Nc2cc(C(=O)O)ccc2F)CN1. The minimum absolute atomic E-state index is 0.0477. The number of carboxylic acids is 1. The Kier molecular flexibility index (Phi) is 3.46. The monoisotopic (exact) mass is 266 g/mol. The average molecular weight is 266 g/mol. The fraction of sp³-hybridized carbons (Fsp3) is 0.250. The number of aromatic carboxylic acids is 1. The van der Waals surface area contributed by atoms with Crippen LogP contribution in [0, 0.1) is 11.7 Å². The predicted octanol–water partition coefficient (Wildman–Crippen LogP) is 0.599. The molecule has 0 aliphatic carbocycles. The Morgan fingerprint density at radius 1 is 1.42 bits per heavy atom. The van der Waals surface area contributed by atoms with Crippen molar-refractivity contribution in [2.75, 3.05) is 11.9 Å². The van der Waals surface area contributed by atoms with Crippen LogP contribution in [0.25, 0.3) is 0 Å². The topological polar surface area (TPSA) is 95.5 Å². The Labute approximate surface area is 107 Å². The van der Waals surface area contributed by atoms with E-state index in [1.807, 2.05) is 0 Å². The second-order valence-electron chi connectivity index (χ2n) is 4.19. The van der Waals surface area contributed by atoms with Gasteiger partial charge in [0.15, 0.2) is 0 Å². The van der Waals surface area contributed by atoms with Crippen molar-refractivity contribution < 1.29 is 23.9 Å². The van der Waals surface area contributed by atoms with E-state index in [0.29, 0.717) is 0 Å². The van der Waals surface area contributed by atoms with Gasteiger partial charge in [-0.2, -0.15) is 0 Å². The fourth-order valence-electron chi connectivity index (χ4n) is 1.78. The lowest BCUT2D eigenvalue weighted by Gasteiger charge is -2.10. The fourth-order valence-corrected chi connectivity index (χ4v) is 1.78. The quantitative estimate of drug-likeness (QED) is 0.746. The molecule has 100 valence electrons. The Balaban J connectivity index is 2.14. The Bertz CT molecular complexity index is 559. The number of rotatable bonds is 3. The van der Waals surface area contributed by atoms with E-state index >= 15 is 0 Å². The van der Waals surface area contributed by atoms with E-state index in [1.165, 1.54) is 0 Å².